The van der Waals surface area contributed by atoms with Crippen LogP contribution in [0, 0.1) is 12.7 Å². The third-order valence-electron chi connectivity index (χ3n) is 2.11. The average Bonchev–Trinajstić information content (AvgIpc) is 2.20. The van der Waals surface area contributed by atoms with Crippen molar-refractivity contribution in [1.29, 1.82) is 0 Å². The van der Waals surface area contributed by atoms with E-state index in [4.69, 9.17) is 0 Å². The lowest BCUT2D eigenvalue weighted by molar-refractivity contribution is 0.627. The topological polar surface area (TPSA) is 34.9 Å². The lowest BCUT2D eigenvalue weighted by atomic mass is 10.3. The normalized spacial score (nSPS) is 10.3. The van der Waals surface area contributed by atoms with Crippen molar-refractivity contribution in [3.8, 4) is 5.69 Å². The van der Waals surface area contributed by atoms with Crippen molar-refractivity contribution in [3.05, 3.63) is 58.5 Å². The van der Waals surface area contributed by atoms with Gasteiger partial charge in [0.2, 0.25) is 0 Å². The molecule has 2 rings (SSSR count). The van der Waals surface area contributed by atoms with Gasteiger partial charge in [-0.1, -0.05) is 0 Å². The average molecular weight is 204 g/mol. The molecule has 0 atom stereocenters. The Hall–Kier alpha value is -1.97. The molecule has 0 unspecified atom stereocenters. The Labute approximate surface area is 85.8 Å². The van der Waals surface area contributed by atoms with Gasteiger partial charge in [-0.2, -0.15) is 0 Å². The summed E-state index contributed by atoms with van der Waals surface area (Å²) in [6.07, 6.45) is 1.46. The number of halogens is 1. The highest BCUT2D eigenvalue weighted by Gasteiger charge is 2.02. The van der Waals surface area contributed by atoms with Gasteiger partial charge in [-0.25, -0.2) is 9.37 Å². The maximum atomic E-state index is 12.7. The van der Waals surface area contributed by atoms with E-state index >= 15 is 0 Å². The molecule has 0 N–H and O–H groups in total. The minimum atomic E-state index is -0.326. The maximum absolute atomic E-state index is 12.7. The second-order valence-electron chi connectivity index (χ2n) is 3.14. The van der Waals surface area contributed by atoms with Crippen LogP contribution in [0.25, 0.3) is 5.69 Å². The molecule has 0 spiro atoms. The van der Waals surface area contributed by atoms with Gasteiger partial charge in [-0.3, -0.25) is 9.36 Å². The number of hydrogen-bond donors (Lipinski definition) is 0. The minimum Gasteiger partial charge on any atom is -0.269 e. The van der Waals surface area contributed by atoms with E-state index in [0.29, 0.717) is 11.5 Å². The van der Waals surface area contributed by atoms with E-state index in [1.807, 2.05) is 0 Å². The van der Waals surface area contributed by atoms with Crippen LogP contribution in [-0.4, -0.2) is 9.55 Å². The minimum absolute atomic E-state index is 0.172. The highest BCUT2D eigenvalue weighted by atomic mass is 19.1. The third kappa shape index (κ3) is 1.79. The van der Waals surface area contributed by atoms with Crippen LogP contribution in [0.2, 0.25) is 0 Å². The van der Waals surface area contributed by atoms with Gasteiger partial charge in [0, 0.05) is 12.3 Å². The molecule has 4 heteroatoms. The van der Waals surface area contributed by atoms with Crippen molar-refractivity contribution in [2.75, 3.05) is 0 Å². The Balaban J connectivity index is 2.64. The summed E-state index contributed by atoms with van der Waals surface area (Å²) in [5.74, 6) is 0.252. The zero-order valence-corrected chi connectivity index (χ0v) is 8.14. The Morgan fingerprint density at radius 1 is 1.20 bits per heavy atom. The number of aromatic nitrogens is 2. The summed E-state index contributed by atoms with van der Waals surface area (Å²) in [4.78, 5) is 15.6. The highest BCUT2D eigenvalue weighted by Crippen LogP contribution is 2.07. The van der Waals surface area contributed by atoms with E-state index in [-0.39, 0.29) is 11.4 Å². The third-order valence-corrected chi connectivity index (χ3v) is 2.11. The maximum Gasteiger partial charge on any atom is 0.258 e. The SMILES string of the molecule is Cc1nccc(=O)n1-c1ccc(F)cc1. The molecule has 0 amide bonds. The molecule has 0 aliphatic heterocycles. The summed E-state index contributed by atoms with van der Waals surface area (Å²) in [5, 5.41) is 0. The van der Waals surface area contributed by atoms with Crippen molar-refractivity contribution in [1.82, 2.24) is 9.55 Å². The molecule has 0 saturated carbocycles. The Kier molecular flexibility index (Phi) is 2.33. The summed E-state index contributed by atoms with van der Waals surface area (Å²) in [6, 6.07) is 7.09. The fourth-order valence-corrected chi connectivity index (χ4v) is 1.40. The van der Waals surface area contributed by atoms with Crippen LogP contribution >= 0.6 is 0 Å². The number of benzene rings is 1. The molecule has 0 saturated heterocycles. The molecule has 1 heterocycles. The van der Waals surface area contributed by atoms with Crippen molar-refractivity contribution < 1.29 is 4.39 Å². The molecule has 0 fully saturated rings. The van der Waals surface area contributed by atoms with E-state index in [9.17, 15) is 9.18 Å². The van der Waals surface area contributed by atoms with Crippen molar-refractivity contribution >= 4 is 0 Å². The van der Waals surface area contributed by atoms with E-state index in [0.717, 1.165) is 0 Å². The summed E-state index contributed by atoms with van der Waals surface area (Å²) in [7, 11) is 0. The summed E-state index contributed by atoms with van der Waals surface area (Å²) in [5.41, 5.74) is 0.445. The standard InChI is InChI=1S/C11H9FN2O/c1-8-13-7-6-11(15)14(8)10-4-2-9(12)3-5-10/h2-7H,1H3. The number of nitrogens with zero attached hydrogens (tertiary/aromatic N) is 2. The molecule has 3 nitrogen and oxygen atoms in total. The van der Waals surface area contributed by atoms with Gasteiger partial charge in [0.25, 0.3) is 5.56 Å². The van der Waals surface area contributed by atoms with Gasteiger partial charge in [-0.05, 0) is 31.2 Å². The van der Waals surface area contributed by atoms with E-state index in [2.05, 4.69) is 4.98 Å². The lowest BCUT2D eigenvalue weighted by Gasteiger charge is -2.07. The fraction of sp³-hybridized carbons (Fsp3) is 0.0909. The molecule has 2 aromatic rings. The zero-order chi connectivity index (χ0) is 10.8. The first kappa shape index (κ1) is 9.58. The first-order valence-electron chi connectivity index (χ1n) is 4.49. The molecule has 0 aliphatic rings. The smallest absolute Gasteiger partial charge is 0.258 e. The van der Waals surface area contributed by atoms with Gasteiger partial charge in [0.1, 0.15) is 11.6 Å². The molecule has 0 aliphatic carbocycles. The van der Waals surface area contributed by atoms with Crippen molar-refractivity contribution in [3.63, 3.8) is 0 Å². The molecule has 15 heavy (non-hydrogen) atoms. The van der Waals surface area contributed by atoms with Gasteiger partial charge in [0.15, 0.2) is 0 Å². The van der Waals surface area contributed by atoms with E-state index in [1.165, 1.54) is 29.0 Å². The second kappa shape index (κ2) is 3.65. The van der Waals surface area contributed by atoms with Crippen LogP contribution in [0.1, 0.15) is 5.82 Å². The van der Waals surface area contributed by atoms with Gasteiger partial charge in [0.05, 0.1) is 5.69 Å². The summed E-state index contributed by atoms with van der Waals surface area (Å²) >= 11 is 0. The van der Waals surface area contributed by atoms with Crippen LogP contribution in [-0.2, 0) is 0 Å². The van der Waals surface area contributed by atoms with Crippen molar-refractivity contribution in [2.24, 2.45) is 0 Å². The van der Waals surface area contributed by atoms with Crippen LogP contribution < -0.4 is 5.56 Å². The van der Waals surface area contributed by atoms with Gasteiger partial charge < -0.3 is 0 Å². The highest BCUT2D eigenvalue weighted by molar-refractivity contribution is 5.32. The molecule has 0 bridgehead atoms. The number of aryl methyl sites for hydroxylation is 1. The molecular formula is C11H9FN2O. The molecule has 1 aromatic carbocycles. The number of hydrogen-bond acceptors (Lipinski definition) is 2. The Morgan fingerprint density at radius 2 is 1.87 bits per heavy atom. The van der Waals surface area contributed by atoms with Crippen molar-refractivity contribution in [2.45, 2.75) is 6.92 Å². The molecule has 1 aromatic heterocycles. The Morgan fingerprint density at radius 3 is 2.47 bits per heavy atom. The van der Waals surface area contributed by atoms with Crippen LogP contribution in [0.5, 0.6) is 0 Å². The Bertz CT molecular complexity index is 531. The summed E-state index contributed by atoms with van der Waals surface area (Å²) in [6.45, 7) is 1.73. The second-order valence-corrected chi connectivity index (χ2v) is 3.14. The van der Waals surface area contributed by atoms with Crippen LogP contribution in [0.3, 0.4) is 0 Å². The van der Waals surface area contributed by atoms with E-state index < -0.39 is 0 Å². The number of rotatable bonds is 1. The molecule has 0 radical (unpaired) electrons. The quantitative estimate of drug-likeness (QED) is 0.708. The summed E-state index contributed by atoms with van der Waals surface area (Å²) < 4.78 is 14.1. The largest absolute Gasteiger partial charge is 0.269 e. The monoisotopic (exact) mass is 204 g/mol. The predicted octanol–water partition coefficient (Wildman–Crippen LogP) is 1.68. The first-order chi connectivity index (χ1) is 7.18. The fourth-order valence-electron chi connectivity index (χ4n) is 1.40. The first-order valence-corrected chi connectivity index (χ1v) is 4.49. The molecular weight excluding hydrogens is 195 g/mol. The van der Waals surface area contributed by atoms with E-state index in [1.54, 1.807) is 19.1 Å². The van der Waals surface area contributed by atoms with Gasteiger partial charge >= 0.3 is 0 Å². The predicted molar refractivity (Wildman–Crippen MR) is 54.5 cm³/mol. The van der Waals surface area contributed by atoms with Gasteiger partial charge in [-0.15, -0.1) is 0 Å². The molecule has 76 valence electrons. The van der Waals surface area contributed by atoms with Crippen LogP contribution in [0.15, 0.2) is 41.3 Å². The lowest BCUT2D eigenvalue weighted by Crippen LogP contribution is -2.20. The zero-order valence-electron chi connectivity index (χ0n) is 8.14. The van der Waals surface area contributed by atoms with Crippen LogP contribution in [0.4, 0.5) is 4.39 Å².